The van der Waals surface area contributed by atoms with Crippen LogP contribution < -0.4 is 10.1 Å². The van der Waals surface area contributed by atoms with Gasteiger partial charge in [0.25, 0.3) is 0 Å². The van der Waals surface area contributed by atoms with Gasteiger partial charge in [0.15, 0.2) is 0 Å². The Morgan fingerprint density at radius 2 is 1.81 bits per heavy atom. The SMILES string of the molecule is CCCOc1ccc(C(CN(C)CC(C)(C)C)NC)cc1. The molecule has 0 heterocycles. The van der Waals surface area contributed by atoms with E-state index in [1.807, 2.05) is 7.05 Å². The molecule has 0 fully saturated rings. The molecule has 1 aromatic carbocycles. The number of nitrogens with one attached hydrogen (secondary N) is 1. The van der Waals surface area contributed by atoms with Crippen LogP contribution >= 0.6 is 0 Å². The molecule has 0 amide bonds. The molecule has 0 aliphatic heterocycles. The maximum absolute atomic E-state index is 5.64. The molecule has 1 atom stereocenters. The van der Waals surface area contributed by atoms with Crippen molar-refractivity contribution in [2.45, 2.75) is 40.2 Å². The fourth-order valence-electron chi connectivity index (χ4n) is 2.57. The second kappa shape index (κ2) is 8.40. The molecule has 120 valence electrons. The summed E-state index contributed by atoms with van der Waals surface area (Å²) in [7, 11) is 4.21. The van der Waals surface area contributed by atoms with Crippen molar-refractivity contribution in [3.63, 3.8) is 0 Å². The molecule has 0 aliphatic carbocycles. The highest BCUT2D eigenvalue weighted by molar-refractivity contribution is 5.29. The smallest absolute Gasteiger partial charge is 0.119 e. The number of benzene rings is 1. The van der Waals surface area contributed by atoms with Gasteiger partial charge in [-0.3, -0.25) is 0 Å². The molecule has 1 unspecified atom stereocenters. The van der Waals surface area contributed by atoms with Crippen molar-refractivity contribution >= 4 is 0 Å². The van der Waals surface area contributed by atoms with E-state index in [4.69, 9.17) is 4.74 Å². The normalized spacial score (nSPS) is 13.5. The zero-order chi connectivity index (χ0) is 15.9. The van der Waals surface area contributed by atoms with Crippen LogP contribution in [0.2, 0.25) is 0 Å². The van der Waals surface area contributed by atoms with Gasteiger partial charge in [0.1, 0.15) is 5.75 Å². The summed E-state index contributed by atoms with van der Waals surface area (Å²) >= 11 is 0. The number of hydrogen-bond acceptors (Lipinski definition) is 3. The maximum atomic E-state index is 5.64. The van der Waals surface area contributed by atoms with Crippen LogP contribution in [-0.2, 0) is 0 Å². The van der Waals surface area contributed by atoms with Gasteiger partial charge in [-0.25, -0.2) is 0 Å². The highest BCUT2D eigenvalue weighted by Gasteiger charge is 2.17. The van der Waals surface area contributed by atoms with Crippen LogP contribution in [0.4, 0.5) is 0 Å². The van der Waals surface area contributed by atoms with Crippen molar-refractivity contribution in [1.29, 1.82) is 0 Å². The quantitative estimate of drug-likeness (QED) is 0.790. The minimum absolute atomic E-state index is 0.324. The van der Waals surface area contributed by atoms with Gasteiger partial charge in [-0.05, 0) is 43.6 Å². The van der Waals surface area contributed by atoms with E-state index in [9.17, 15) is 0 Å². The first-order valence-corrected chi connectivity index (χ1v) is 7.94. The van der Waals surface area contributed by atoms with Crippen molar-refractivity contribution in [2.75, 3.05) is 33.8 Å². The van der Waals surface area contributed by atoms with Gasteiger partial charge in [0.2, 0.25) is 0 Å². The Kier molecular flexibility index (Phi) is 7.20. The Hall–Kier alpha value is -1.06. The van der Waals surface area contributed by atoms with Gasteiger partial charge in [-0.2, -0.15) is 0 Å². The van der Waals surface area contributed by atoms with Crippen molar-refractivity contribution in [1.82, 2.24) is 10.2 Å². The molecule has 0 aliphatic rings. The molecule has 1 aromatic rings. The lowest BCUT2D eigenvalue weighted by Gasteiger charge is -2.30. The number of nitrogens with zero attached hydrogens (tertiary/aromatic N) is 1. The Bertz CT molecular complexity index is 395. The van der Waals surface area contributed by atoms with Crippen LogP contribution in [0.25, 0.3) is 0 Å². The van der Waals surface area contributed by atoms with Crippen molar-refractivity contribution < 1.29 is 4.74 Å². The third kappa shape index (κ3) is 6.96. The van der Waals surface area contributed by atoms with E-state index in [1.165, 1.54) is 5.56 Å². The van der Waals surface area contributed by atoms with Crippen LogP contribution in [0.15, 0.2) is 24.3 Å². The highest BCUT2D eigenvalue weighted by atomic mass is 16.5. The Labute approximate surface area is 130 Å². The van der Waals surface area contributed by atoms with Crippen molar-refractivity contribution in [2.24, 2.45) is 5.41 Å². The standard InChI is InChI=1S/C18H32N2O/c1-7-12-21-16-10-8-15(9-11-16)17(19-5)13-20(6)14-18(2,3)4/h8-11,17,19H,7,12-14H2,1-6H3. The van der Waals surface area contributed by atoms with E-state index in [1.54, 1.807) is 0 Å². The van der Waals surface area contributed by atoms with E-state index < -0.39 is 0 Å². The van der Waals surface area contributed by atoms with Crippen LogP contribution in [0.5, 0.6) is 5.75 Å². The van der Waals surface area contributed by atoms with E-state index >= 15 is 0 Å². The fourth-order valence-corrected chi connectivity index (χ4v) is 2.57. The Morgan fingerprint density at radius 1 is 1.19 bits per heavy atom. The lowest BCUT2D eigenvalue weighted by atomic mass is 9.96. The van der Waals surface area contributed by atoms with Gasteiger partial charge >= 0.3 is 0 Å². The maximum Gasteiger partial charge on any atom is 0.119 e. The largest absolute Gasteiger partial charge is 0.494 e. The van der Waals surface area contributed by atoms with Crippen molar-refractivity contribution in [3.05, 3.63) is 29.8 Å². The number of hydrogen-bond donors (Lipinski definition) is 1. The summed E-state index contributed by atoms with van der Waals surface area (Å²) in [5.74, 6) is 0.957. The predicted molar refractivity (Wildman–Crippen MR) is 91.0 cm³/mol. The van der Waals surface area contributed by atoms with Crippen LogP contribution in [0.3, 0.4) is 0 Å². The minimum Gasteiger partial charge on any atom is -0.494 e. The Morgan fingerprint density at radius 3 is 2.29 bits per heavy atom. The van der Waals surface area contributed by atoms with E-state index in [0.29, 0.717) is 11.5 Å². The number of ether oxygens (including phenoxy) is 1. The van der Waals surface area contributed by atoms with Gasteiger partial charge in [-0.1, -0.05) is 39.8 Å². The van der Waals surface area contributed by atoms with E-state index in [0.717, 1.165) is 31.9 Å². The zero-order valence-electron chi connectivity index (χ0n) is 14.6. The molecule has 0 bridgehead atoms. The average Bonchev–Trinajstić information content (AvgIpc) is 2.41. The highest BCUT2D eigenvalue weighted by Crippen LogP contribution is 2.20. The first-order chi connectivity index (χ1) is 9.85. The van der Waals surface area contributed by atoms with Crippen LogP contribution in [-0.4, -0.2) is 38.7 Å². The molecule has 1 N–H and O–H groups in total. The summed E-state index contributed by atoms with van der Waals surface area (Å²) in [6.45, 7) is 11.8. The summed E-state index contributed by atoms with van der Waals surface area (Å²) in [4.78, 5) is 2.39. The van der Waals surface area contributed by atoms with Crippen LogP contribution in [0, 0.1) is 5.41 Å². The molecule has 21 heavy (non-hydrogen) atoms. The zero-order valence-corrected chi connectivity index (χ0v) is 14.6. The minimum atomic E-state index is 0.324. The molecular weight excluding hydrogens is 260 g/mol. The van der Waals surface area contributed by atoms with Crippen LogP contribution in [0.1, 0.15) is 45.7 Å². The molecule has 0 saturated carbocycles. The third-order valence-electron chi connectivity index (χ3n) is 3.34. The van der Waals surface area contributed by atoms with Gasteiger partial charge < -0.3 is 15.0 Å². The molecule has 1 rings (SSSR count). The van der Waals surface area contributed by atoms with Gasteiger partial charge in [-0.15, -0.1) is 0 Å². The van der Waals surface area contributed by atoms with E-state index in [-0.39, 0.29) is 0 Å². The number of rotatable bonds is 8. The first kappa shape index (κ1) is 18.0. The lowest BCUT2D eigenvalue weighted by molar-refractivity contribution is 0.210. The Balaban J connectivity index is 2.63. The lowest BCUT2D eigenvalue weighted by Crippen LogP contribution is -2.36. The van der Waals surface area contributed by atoms with Crippen molar-refractivity contribution in [3.8, 4) is 5.75 Å². The summed E-state index contributed by atoms with van der Waals surface area (Å²) in [5, 5.41) is 3.42. The fraction of sp³-hybridized carbons (Fsp3) is 0.667. The summed E-state index contributed by atoms with van der Waals surface area (Å²) in [6, 6.07) is 8.81. The molecule has 0 aromatic heterocycles. The molecule has 3 nitrogen and oxygen atoms in total. The summed E-state index contributed by atoms with van der Waals surface area (Å²) < 4.78 is 5.64. The summed E-state index contributed by atoms with van der Waals surface area (Å²) in [6.07, 6.45) is 1.04. The predicted octanol–water partition coefficient (Wildman–Crippen LogP) is 3.71. The molecule has 0 radical (unpaired) electrons. The average molecular weight is 292 g/mol. The first-order valence-electron chi connectivity index (χ1n) is 7.94. The molecular formula is C18H32N2O. The molecule has 0 spiro atoms. The van der Waals surface area contributed by atoms with Gasteiger partial charge in [0.05, 0.1) is 6.61 Å². The second-order valence-electron chi connectivity index (χ2n) is 7.02. The molecule has 3 heteroatoms. The summed E-state index contributed by atoms with van der Waals surface area (Å²) in [5.41, 5.74) is 1.63. The second-order valence-corrected chi connectivity index (χ2v) is 7.02. The molecule has 0 saturated heterocycles. The topological polar surface area (TPSA) is 24.5 Å². The monoisotopic (exact) mass is 292 g/mol. The van der Waals surface area contributed by atoms with E-state index in [2.05, 4.69) is 69.2 Å². The third-order valence-corrected chi connectivity index (χ3v) is 3.34. The van der Waals surface area contributed by atoms with Gasteiger partial charge in [0, 0.05) is 19.1 Å². The number of likely N-dealkylation sites (N-methyl/N-ethyl adjacent to an activating group) is 2.